The van der Waals surface area contributed by atoms with Crippen LogP contribution in [0.15, 0.2) is 18.2 Å². The Morgan fingerprint density at radius 2 is 2.11 bits per heavy atom. The van der Waals surface area contributed by atoms with Crippen molar-refractivity contribution in [3.05, 3.63) is 34.9 Å². The van der Waals surface area contributed by atoms with Crippen LogP contribution in [0.25, 0.3) is 5.57 Å². The summed E-state index contributed by atoms with van der Waals surface area (Å²) in [5.74, 6) is 0.987. The summed E-state index contributed by atoms with van der Waals surface area (Å²) < 4.78 is 5.53. The van der Waals surface area contributed by atoms with Gasteiger partial charge in [0.25, 0.3) is 0 Å². The molecule has 1 aliphatic carbocycles. The van der Waals surface area contributed by atoms with Gasteiger partial charge in [0, 0.05) is 11.6 Å². The Balaban J connectivity index is 2.07. The van der Waals surface area contributed by atoms with Gasteiger partial charge in [0.1, 0.15) is 5.75 Å². The number of aryl methyl sites for hydroxylation is 2. The summed E-state index contributed by atoms with van der Waals surface area (Å²) >= 11 is 0. The second-order valence-electron chi connectivity index (χ2n) is 5.56. The number of nitrogens with one attached hydrogen (secondary N) is 1. The second-order valence-corrected chi connectivity index (χ2v) is 5.56. The zero-order valence-electron chi connectivity index (χ0n) is 12.5. The highest BCUT2D eigenvalue weighted by molar-refractivity contribution is 5.72. The van der Waals surface area contributed by atoms with Crippen LogP contribution in [0.5, 0.6) is 5.75 Å². The van der Waals surface area contributed by atoms with Crippen LogP contribution >= 0.6 is 0 Å². The number of benzene rings is 1. The topological polar surface area (TPSA) is 21.3 Å². The third-order valence-corrected chi connectivity index (χ3v) is 3.66. The maximum atomic E-state index is 5.53. The van der Waals surface area contributed by atoms with Crippen molar-refractivity contribution < 1.29 is 4.74 Å². The lowest BCUT2D eigenvalue weighted by Gasteiger charge is -2.14. The third kappa shape index (κ3) is 3.84. The van der Waals surface area contributed by atoms with Crippen LogP contribution in [-0.4, -0.2) is 19.7 Å². The molecule has 2 heteroatoms. The highest BCUT2D eigenvalue weighted by Crippen LogP contribution is 2.30. The molecule has 2 nitrogen and oxygen atoms in total. The van der Waals surface area contributed by atoms with Crippen LogP contribution in [0.2, 0.25) is 0 Å². The molecule has 2 rings (SSSR count). The van der Waals surface area contributed by atoms with E-state index in [1.807, 2.05) is 0 Å². The van der Waals surface area contributed by atoms with Gasteiger partial charge in [0.2, 0.25) is 0 Å². The number of methoxy groups -OCH3 is 1. The van der Waals surface area contributed by atoms with Gasteiger partial charge in [0.05, 0.1) is 7.11 Å². The van der Waals surface area contributed by atoms with Crippen molar-refractivity contribution in [1.82, 2.24) is 5.32 Å². The fraction of sp³-hybridized carbons (Fsp3) is 0.529. The molecule has 1 aliphatic rings. The molecule has 0 heterocycles. The highest BCUT2D eigenvalue weighted by Gasteiger charge is 2.19. The van der Waals surface area contributed by atoms with Gasteiger partial charge in [-0.1, -0.05) is 12.1 Å². The second kappa shape index (κ2) is 6.25. The first-order chi connectivity index (χ1) is 9.11. The number of allylic oxidation sites excluding steroid dienone is 1. The first-order valence-electron chi connectivity index (χ1n) is 7.17. The van der Waals surface area contributed by atoms with Gasteiger partial charge in [-0.05, 0) is 69.3 Å². The molecule has 1 saturated carbocycles. The van der Waals surface area contributed by atoms with E-state index in [2.05, 4.69) is 44.3 Å². The summed E-state index contributed by atoms with van der Waals surface area (Å²) in [5.41, 5.74) is 5.11. The fourth-order valence-electron chi connectivity index (χ4n) is 2.56. The minimum Gasteiger partial charge on any atom is -0.496 e. The van der Waals surface area contributed by atoms with Gasteiger partial charge in [-0.15, -0.1) is 0 Å². The molecule has 1 aromatic carbocycles. The zero-order valence-corrected chi connectivity index (χ0v) is 12.5. The lowest BCUT2D eigenvalue weighted by molar-refractivity contribution is 0.413. The standard InChI is InChI=1S/C17H25NO/c1-12-10-14(3)17(16(11-12)19-4)13(2)6-5-9-18-15-7-8-15/h6,10-11,15,18H,5,7-9H2,1-4H3/b13-6+. The van der Waals surface area contributed by atoms with Crippen LogP contribution < -0.4 is 10.1 Å². The van der Waals surface area contributed by atoms with E-state index in [0.717, 1.165) is 24.8 Å². The molecule has 19 heavy (non-hydrogen) atoms. The van der Waals surface area contributed by atoms with E-state index in [1.54, 1.807) is 7.11 Å². The van der Waals surface area contributed by atoms with E-state index in [1.165, 1.54) is 35.1 Å². The molecule has 0 unspecified atom stereocenters. The molecule has 0 aliphatic heterocycles. The van der Waals surface area contributed by atoms with Crippen molar-refractivity contribution in [3.63, 3.8) is 0 Å². The molecular weight excluding hydrogens is 234 g/mol. The van der Waals surface area contributed by atoms with Gasteiger partial charge in [-0.3, -0.25) is 0 Å². The molecule has 104 valence electrons. The first-order valence-corrected chi connectivity index (χ1v) is 7.17. The average molecular weight is 259 g/mol. The average Bonchev–Trinajstić information content (AvgIpc) is 3.17. The first kappa shape index (κ1) is 14.1. The number of ether oxygens (including phenoxy) is 1. The Kier molecular flexibility index (Phi) is 4.65. The largest absolute Gasteiger partial charge is 0.496 e. The van der Waals surface area contributed by atoms with Crippen molar-refractivity contribution in [2.45, 2.75) is 46.1 Å². The van der Waals surface area contributed by atoms with Crippen molar-refractivity contribution in [2.24, 2.45) is 0 Å². The van der Waals surface area contributed by atoms with Crippen molar-refractivity contribution in [2.75, 3.05) is 13.7 Å². The number of rotatable bonds is 6. The maximum Gasteiger partial charge on any atom is 0.126 e. The quantitative estimate of drug-likeness (QED) is 0.783. The van der Waals surface area contributed by atoms with Crippen LogP contribution in [0.4, 0.5) is 0 Å². The van der Waals surface area contributed by atoms with Gasteiger partial charge in [-0.25, -0.2) is 0 Å². The maximum absolute atomic E-state index is 5.53. The van der Waals surface area contributed by atoms with E-state index >= 15 is 0 Å². The van der Waals surface area contributed by atoms with Gasteiger partial charge >= 0.3 is 0 Å². The monoisotopic (exact) mass is 259 g/mol. The molecule has 1 aromatic rings. The predicted molar refractivity (Wildman–Crippen MR) is 81.8 cm³/mol. The van der Waals surface area contributed by atoms with Crippen molar-refractivity contribution >= 4 is 5.57 Å². The highest BCUT2D eigenvalue weighted by atomic mass is 16.5. The van der Waals surface area contributed by atoms with Crippen LogP contribution in [0.1, 0.15) is 42.9 Å². The van der Waals surface area contributed by atoms with Crippen molar-refractivity contribution in [3.8, 4) is 5.75 Å². The van der Waals surface area contributed by atoms with E-state index in [-0.39, 0.29) is 0 Å². The summed E-state index contributed by atoms with van der Waals surface area (Å²) in [6.07, 6.45) is 6.11. The molecule has 0 amide bonds. The molecular formula is C17H25NO. The Hall–Kier alpha value is -1.28. The number of hydrogen-bond acceptors (Lipinski definition) is 2. The van der Waals surface area contributed by atoms with Gasteiger partial charge in [0.15, 0.2) is 0 Å². The smallest absolute Gasteiger partial charge is 0.126 e. The van der Waals surface area contributed by atoms with E-state index < -0.39 is 0 Å². The van der Waals surface area contributed by atoms with E-state index in [0.29, 0.717) is 0 Å². The van der Waals surface area contributed by atoms with Gasteiger partial charge in [-0.2, -0.15) is 0 Å². The lowest BCUT2D eigenvalue weighted by atomic mass is 9.97. The minimum atomic E-state index is 0.796. The Morgan fingerprint density at radius 3 is 2.74 bits per heavy atom. The summed E-state index contributed by atoms with van der Waals surface area (Å²) in [6, 6.07) is 5.13. The fourth-order valence-corrected chi connectivity index (χ4v) is 2.56. The van der Waals surface area contributed by atoms with E-state index in [4.69, 9.17) is 4.74 Å². The molecule has 0 saturated heterocycles. The molecule has 1 N–H and O–H groups in total. The van der Waals surface area contributed by atoms with E-state index in [9.17, 15) is 0 Å². The molecule has 0 spiro atoms. The van der Waals surface area contributed by atoms with Gasteiger partial charge < -0.3 is 10.1 Å². The zero-order chi connectivity index (χ0) is 13.8. The third-order valence-electron chi connectivity index (χ3n) is 3.66. The summed E-state index contributed by atoms with van der Waals surface area (Å²) in [7, 11) is 1.75. The van der Waals surface area contributed by atoms with Crippen LogP contribution in [-0.2, 0) is 0 Å². The van der Waals surface area contributed by atoms with Crippen molar-refractivity contribution in [1.29, 1.82) is 0 Å². The van der Waals surface area contributed by atoms with Crippen LogP contribution in [0.3, 0.4) is 0 Å². The minimum absolute atomic E-state index is 0.796. The normalized spacial score (nSPS) is 15.7. The Morgan fingerprint density at radius 1 is 1.37 bits per heavy atom. The molecule has 1 fully saturated rings. The molecule has 0 atom stereocenters. The Labute approximate surface area is 116 Å². The summed E-state index contributed by atoms with van der Waals surface area (Å²) in [6.45, 7) is 7.52. The molecule has 0 radical (unpaired) electrons. The predicted octanol–water partition coefficient (Wildman–Crippen LogP) is 3.86. The summed E-state index contributed by atoms with van der Waals surface area (Å²) in [5, 5.41) is 3.54. The molecule has 0 bridgehead atoms. The summed E-state index contributed by atoms with van der Waals surface area (Å²) in [4.78, 5) is 0. The Bertz CT molecular complexity index is 472. The van der Waals surface area contributed by atoms with Crippen LogP contribution in [0, 0.1) is 13.8 Å². The molecule has 0 aromatic heterocycles. The number of hydrogen-bond donors (Lipinski definition) is 1. The SMILES string of the molecule is COc1cc(C)cc(C)c1/C(C)=C/CCNC1CC1. The lowest BCUT2D eigenvalue weighted by Crippen LogP contribution is -2.16.